The minimum atomic E-state index is -0.109. The van der Waals surface area contributed by atoms with Gasteiger partial charge in [0.25, 0.3) is 5.91 Å². The first-order valence-electron chi connectivity index (χ1n) is 6.32. The van der Waals surface area contributed by atoms with Crippen molar-refractivity contribution in [1.82, 2.24) is 10.3 Å². The molecule has 1 N–H and O–H groups in total. The van der Waals surface area contributed by atoms with E-state index in [1.165, 1.54) is 0 Å². The average Bonchev–Trinajstić information content (AvgIpc) is 2.48. The van der Waals surface area contributed by atoms with Crippen molar-refractivity contribution in [1.29, 1.82) is 0 Å². The third kappa shape index (κ3) is 3.96. The summed E-state index contributed by atoms with van der Waals surface area (Å²) in [4.78, 5) is 17.8. The Kier molecular flexibility index (Phi) is 4.96. The lowest BCUT2D eigenvalue weighted by molar-refractivity contribution is 0.0954. The lowest BCUT2D eigenvalue weighted by Gasteiger charge is -2.19. The quantitative estimate of drug-likeness (QED) is 0.920. The van der Waals surface area contributed by atoms with Crippen LogP contribution in [0.15, 0.2) is 48.8 Å². The second kappa shape index (κ2) is 6.91. The number of pyridine rings is 1. The predicted molar refractivity (Wildman–Crippen MR) is 81.3 cm³/mol. The van der Waals surface area contributed by atoms with Gasteiger partial charge in [-0.3, -0.25) is 9.78 Å². The van der Waals surface area contributed by atoms with Gasteiger partial charge in [0.15, 0.2) is 0 Å². The molecule has 0 aliphatic carbocycles. The van der Waals surface area contributed by atoms with Gasteiger partial charge >= 0.3 is 0 Å². The Hall–Kier alpha value is -2.07. The number of likely N-dealkylation sites (N-methyl/N-ethyl adjacent to an activating group) is 1. The normalized spacial score (nSPS) is 10.1. The van der Waals surface area contributed by atoms with Crippen molar-refractivity contribution >= 4 is 23.2 Å². The summed E-state index contributed by atoms with van der Waals surface area (Å²) < 4.78 is 0. The van der Waals surface area contributed by atoms with Crippen molar-refractivity contribution in [2.24, 2.45) is 0 Å². The zero-order valence-corrected chi connectivity index (χ0v) is 12.0. The van der Waals surface area contributed by atoms with Crippen LogP contribution in [0.5, 0.6) is 0 Å². The summed E-state index contributed by atoms with van der Waals surface area (Å²) in [5.41, 5.74) is 1.63. The van der Waals surface area contributed by atoms with Crippen molar-refractivity contribution in [2.45, 2.75) is 0 Å². The highest BCUT2D eigenvalue weighted by Crippen LogP contribution is 2.16. The van der Waals surface area contributed by atoms with Crippen molar-refractivity contribution in [3.05, 3.63) is 59.4 Å². The van der Waals surface area contributed by atoms with Crippen LogP contribution in [0.1, 0.15) is 10.4 Å². The van der Waals surface area contributed by atoms with Crippen molar-refractivity contribution in [3.63, 3.8) is 0 Å². The number of carbonyl (C=O) groups excluding carboxylic acids is 1. The predicted octanol–water partition coefficient (Wildman–Crippen LogP) is 2.60. The molecule has 20 heavy (non-hydrogen) atoms. The van der Waals surface area contributed by atoms with Gasteiger partial charge in [0.1, 0.15) is 0 Å². The maximum Gasteiger partial charge on any atom is 0.252 e. The van der Waals surface area contributed by atoms with Crippen LogP contribution >= 0.6 is 11.6 Å². The van der Waals surface area contributed by atoms with Crippen LogP contribution in [0.25, 0.3) is 0 Å². The van der Waals surface area contributed by atoms with Crippen molar-refractivity contribution in [2.75, 3.05) is 25.0 Å². The van der Waals surface area contributed by atoms with Crippen molar-refractivity contribution in [3.8, 4) is 0 Å². The number of benzene rings is 1. The second-order valence-electron chi connectivity index (χ2n) is 4.40. The number of carbonyl (C=O) groups is 1. The first-order chi connectivity index (χ1) is 9.66. The summed E-state index contributed by atoms with van der Waals surface area (Å²) in [5.74, 6) is -0.109. The van der Waals surface area contributed by atoms with E-state index in [9.17, 15) is 4.79 Å². The Labute approximate surface area is 123 Å². The number of hydrogen-bond donors (Lipinski definition) is 1. The van der Waals surface area contributed by atoms with Gasteiger partial charge in [0.2, 0.25) is 0 Å². The van der Waals surface area contributed by atoms with E-state index >= 15 is 0 Å². The molecule has 0 bridgehead atoms. The van der Waals surface area contributed by atoms with E-state index in [4.69, 9.17) is 11.6 Å². The summed E-state index contributed by atoms with van der Waals surface area (Å²) in [6.45, 7) is 1.28. The molecular weight excluding hydrogens is 274 g/mol. The molecule has 2 rings (SSSR count). The Morgan fingerprint density at radius 1 is 1.30 bits per heavy atom. The molecule has 1 aromatic heterocycles. The van der Waals surface area contributed by atoms with Crippen LogP contribution in [-0.2, 0) is 0 Å². The number of nitrogens with one attached hydrogen (secondary N) is 1. The molecule has 1 amide bonds. The molecule has 1 heterocycles. The Balaban J connectivity index is 1.81. The van der Waals surface area contributed by atoms with E-state index < -0.39 is 0 Å². The molecule has 0 atom stereocenters. The van der Waals surface area contributed by atoms with Gasteiger partial charge in [0.05, 0.1) is 5.56 Å². The first-order valence-corrected chi connectivity index (χ1v) is 6.69. The summed E-state index contributed by atoms with van der Waals surface area (Å²) in [7, 11) is 1.97. The molecule has 0 unspecified atom stereocenters. The van der Waals surface area contributed by atoms with Crippen molar-refractivity contribution < 1.29 is 4.79 Å². The zero-order chi connectivity index (χ0) is 14.4. The molecule has 1 aromatic carbocycles. The molecule has 0 aliphatic heterocycles. The van der Waals surface area contributed by atoms with Gasteiger partial charge in [-0.05, 0) is 36.4 Å². The molecule has 104 valence electrons. The van der Waals surface area contributed by atoms with Gasteiger partial charge in [-0.2, -0.15) is 0 Å². The molecule has 0 saturated heterocycles. The topological polar surface area (TPSA) is 45.2 Å². The van der Waals surface area contributed by atoms with Gasteiger partial charge in [0, 0.05) is 43.2 Å². The number of amides is 1. The monoisotopic (exact) mass is 289 g/mol. The molecule has 0 saturated carbocycles. The largest absolute Gasteiger partial charge is 0.373 e. The Morgan fingerprint density at radius 2 is 2.05 bits per heavy atom. The minimum Gasteiger partial charge on any atom is -0.373 e. The third-order valence-corrected chi connectivity index (χ3v) is 3.18. The lowest BCUT2D eigenvalue weighted by Crippen LogP contribution is -2.33. The van der Waals surface area contributed by atoms with Crippen LogP contribution in [0, 0.1) is 0 Å². The second-order valence-corrected chi connectivity index (χ2v) is 4.83. The van der Waals surface area contributed by atoms with Gasteiger partial charge in [-0.25, -0.2) is 0 Å². The molecular formula is C15H16ClN3O. The molecule has 0 radical (unpaired) electrons. The minimum absolute atomic E-state index is 0.109. The molecule has 4 nitrogen and oxygen atoms in total. The number of aromatic nitrogens is 1. The fourth-order valence-electron chi connectivity index (χ4n) is 1.76. The molecule has 2 aromatic rings. The van der Waals surface area contributed by atoms with E-state index in [0.717, 1.165) is 5.69 Å². The summed E-state index contributed by atoms with van der Waals surface area (Å²) in [6.07, 6.45) is 3.20. The molecule has 0 aliphatic rings. The number of nitrogens with zero attached hydrogens (tertiary/aromatic N) is 2. The fourth-order valence-corrected chi connectivity index (χ4v) is 1.89. The van der Waals surface area contributed by atoms with E-state index in [1.807, 2.05) is 31.3 Å². The van der Waals surface area contributed by atoms with E-state index in [1.54, 1.807) is 24.5 Å². The van der Waals surface area contributed by atoms with E-state index in [-0.39, 0.29) is 5.91 Å². The standard InChI is InChI=1S/C15H16ClN3O/c1-19(14-6-4-13(16)5-7-14)10-9-18-15(20)12-3-2-8-17-11-12/h2-8,11H,9-10H2,1H3,(H,18,20). The van der Waals surface area contributed by atoms with E-state index in [0.29, 0.717) is 23.7 Å². The highest BCUT2D eigenvalue weighted by Gasteiger charge is 2.05. The number of hydrogen-bond acceptors (Lipinski definition) is 3. The van der Waals surface area contributed by atoms with Gasteiger partial charge < -0.3 is 10.2 Å². The van der Waals surface area contributed by atoms with Crippen LogP contribution < -0.4 is 10.2 Å². The summed E-state index contributed by atoms with van der Waals surface area (Å²) >= 11 is 5.85. The molecule has 0 fully saturated rings. The summed E-state index contributed by atoms with van der Waals surface area (Å²) in [6, 6.07) is 11.1. The fraction of sp³-hybridized carbons (Fsp3) is 0.200. The van der Waals surface area contributed by atoms with Crippen LogP contribution in [0.3, 0.4) is 0 Å². The highest BCUT2D eigenvalue weighted by molar-refractivity contribution is 6.30. The highest BCUT2D eigenvalue weighted by atomic mass is 35.5. The lowest BCUT2D eigenvalue weighted by atomic mass is 10.2. The van der Waals surface area contributed by atoms with Gasteiger partial charge in [-0.15, -0.1) is 0 Å². The zero-order valence-electron chi connectivity index (χ0n) is 11.2. The number of anilines is 1. The van der Waals surface area contributed by atoms with Crippen LogP contribution in [0.2, 0.25) is 5.02 Å². The molecule has 5 heteroatoms. The summed E-state index contributed by atoms with van der Waals surface area (Å²) in [5, 5.41) is 3.58. The number of rotatable bonds is 5. The van der Waals surface area contributed by atoms with Gasteiger partial charge in [-0.1, -0.05) is 11.6 Å². The van der Waals surface area contributed by atoms with Crippen LogP contribution in [-0.4, -0.2) is 31.0 Å². The average molecular weight is 290 g/mol. The Morgan fingerprint density at radius 3 is 2.70 bits per heavy atom. The SMILES string of the molecule is CN(CCNC(=O)c1cccnc1)c1ccc(Cl)cc1. The van der Waals surface area contributed by atoms with Crippen LogP contribution in [0.4, 0.5) is 5.69 Å². The number of halogens is 1. The van der Waals surface area contributed by atoms with E-state index in [2.05, 4.69) is 15.2 Å². The first kappa shape index (κ1) is 14.3. The smallest absolute Gasteiger partial charge is 0.252 e. The maximum absolute atomic E-state index is 11.8. The molecule has 0 spiro atoms. The third-order valence-electron chi connectivity index (χ3n) is 2.92. The maximum atomic E-state index is 11.8. The Bertz CT molecular complexity index is 557.